The van der Waals surface area contributed by atoms with Crippen LogP contribution < -0.4 is 5.56 Å². The zero-order valence-corrected chi connectivity index (χ0v) is 15.7. The molecule has 1 aromatic carbocycles. The molecule has 0 aliphatic heterocycles. The number of halogens is 1. The van der Waals surface area contributed by atoms with Crippen molar-refractivity contribution in [1.82, 2.24) is 29.2 Å². The Balaban J connectivity index is 1.27. The summed E-state index contributed by atoms with van der Waals surface area (Å²) in [7, 11) is 1.77. The van der Waals surface area contributed by atoms with Gasteiger partial charge in [-0.15, -0.1) is 0 Å². The number of aromatic nitrogens is 6. The van der Waals surface area contributed by atoms with E-state index in [1.165, 1.54) is 22.0 Å². The van der Waals surface area contributed by atoms with Crippen molar-refractivity contribution in [1.29, 1.82) is 0 Å². The predicted molar refractivity (Wildman–Crippen MR) is 100 cm³/mol. The molecule has 0 spiro atoms. The Kier molecular flexibility index (Phi) is 3.15. The van der Waals surface area contributed by atoms with Gasteiger partial charge in [0.1, 0.15) is 12.9 Å². The number of fused-ring (bicyclic) bond motifs is 4. The molecule has 6 rings (SSSR count). The molecule has 140 valence electrons. The minimum absolute atomic E-state index is 0.182. The van der Waals surface area contributed by atoms with Gasteiger partial charge < -0.3 is 9.09 Å². The molecule has 3 heterocycles. The highest BCUT2D eigenvalue weighted by molar-refractivity contribution is 6.30. The smallest absolute Gasteiger partial charge is 0.280 e. The van der Waals surface area contributed by atoms with Gasteiger partial charge in [-0.25, -0.2) is 9.97 Å². The molecule has 28 heavy (non-hydrogen) atoms. The Labute approximate surface area is 163 Å². The van der Waals surface area contributed by atoms with E-state index < -0.39 is 0 Å². The lowest BCUT2D eigenvalue weighted by Gasteiger charge is -2.05. The fourth-order valence-corrected chi connectivity index (χ4v) is 4.73. The minimum Gasteiger partial charge on any atom is -0.337 e. The summed E-state index contributed by atoms with van der Waals surface area (Å²) in [5, 5.41) is 4.96. The molecule has 0 radical (unpaired) electrons. The minimum atomic E-state index is -0.182. The number of nitrogens with zero attached hydrogens (tertiary/aromatic N) is 6. The highest BCUT2D eigenvalue weighted by Gasteiger charge is 2.58. The number of hydrogen-bond donors (Lipinski definition) is 0. The van der Waals surface area contributed by atoms with Crippen molar-refractivity contribution < 1.29 is 4.52 Å². The van der Waals surface area contributed by atoms with E-state index in [1.807, 2.05) is 6.07 Å². The van der Waals surface area contributed by atoms with Gasteiger partial charge in [0, 0.05) is 18.0 Å². The lowest BCUT2D eigenvalue weighted by molar-refractivity contribution is 0.364. The summed E-state index contributed by atoms with van der Waals surface area (Å²) in [6.45, 7) is 0.189. The van der Waals surface area contributed by atoms with Crippen LogP contribution in [0.2, 0.25) is 5.02 Å². The lowest BCUT2D eigenvalue weighted by Crippen LogP contribution is -2.22. The number of aryl methyl sites for hydroxylation is 1. The topological polar surface area (TPSA) is 91.6 Å². The first-order valence-corrected chi connectivity index (χ1v) is 9.45. The van der Waals surface area contributed by atoms with E-state index in [0.717, 1.165) is 11.4 Å². The molecule has 0 amide bonds. The average Bonchev–Trinajstić information content (AvgIpc) is 3.04. The second kappa shape index (κ2) is 5.51. The van der Waals surface area contributed by atoms with E-state index >= 15 is 0 Å². The molecule has 3 atom stereocenters. The van der Waals surface area contributed by atoms with Crippen LogP contribution in [0.1, 0.15) is 34.7 Å². The molecule has 3 unspecified atom stereocenters. The third-order valence-corrected chi connectivity index (χ3v) is 6.11. The van der Waals surface area contributed by atoms with Crippen molar-refractivity contribution in [2.45, 2.75) is 24.8 Å². The molecule has 8 nitrogen and oxygen atoms in total. The standard InChI is InChI=1S/C19H15ClN6O2/c1-25-7-21-18-16(25)19(27)26(8-22-18)6-13-23-17(24-28-13)15-12-5-9-4-10(20)2-3-11(9)14(12)15/h2-4,7-8,12,14-15H,5-6H2,1H3. The molecule has 3 aromatic heterocycles. The van der Waals surface area contributed by atoms with Crippen molar-refractivity contribution in [3.8, 4) is 0 Å². The maximum absolute atomic E-state index is 12.7. The van der Waals surface area contributed by atoms with Crippen LogP contribution in [0.4, 0.5) is 0 Å². The van der Waals surface area contributed by atoms with E-state index in [4.69, 9.17) is 16.1 Å². The van der Waals surface area contributed by atoms with Gasteiger partial charge in [0.25, 0.3) is 5.56 Å². The number of hydrogen-bond acceptors (Lipinski definition) is 6. The Hall–Kier alpha value is -3.00. The first kappa shape index (κ1) is 16.0. The summed E-state index contributed by atoms with van der Waals surface area (Å²) in [6.07, 6.45) is 4.04. The normalized spacial score (nSPS) is 22.4. The molecule has 1 saturated carbocycles. The first-order valence-electron chi connectivity index (χ1n) is 9.07. The second-order valence-corrected chi connectivity index (χ2v) is 7.95. The third-order valence-electron chi connectivity index (χ3n) is 5.88. The van der Waals surface area contributed by atoms with E-state index in [2.05, 4.69) is 32.2 Å². The van der Waals surface area contributed by atoms with Gasteiger partial charge in [0.15, 0.2) is 17.0 Å². The molecule has 0 saturated heterocycles. The van der Waals surface area contributed by atoms with Crippen LogP contribution in [0.25, 0.3) is 11.2 Å². The zero-order chi connectivity index (χ0) is 19.0. The molecule has 0 bridgehead atoms. The summed E-state index contributed by atoms with van der Waals surface area (Å²) >= 11 is 6.09. The summed E-state index contributed by atoms with van der Waals surface area (Å²) in [5.74, 6) is 2.34. The molecular weight excluding hydrogens is 380 g/mol. The fourth-order valence-electron chi connectivity index (χ4n) is 4.53. The molecule has 2 aliphatic carbocycles. The van der Waals surface area contributed by atoms with Gasteiger partial charge in [-0.2, -0.15) is 4.98 Å². The van der Waals surface area contributed by atoms with Crippen molar-refractivity contribution in [2.24, 2.45) is 13.0 Å². The highest BCUT2D eigenvalue weighted by Crippen LogP contribution is 2.66. The summed E-state index contributed by atoms with van der Waals surface area (Å²) in [5.41, 5.74) is 3.37. The number of imidazole rings is 1. The maximum Gasteiger partial charge on any atom is 0.280 e. The van der Waals surface area contributed by atoms with E-state index in [9.17, 15) is 4.79 Å². The van der Waals surface area contributed by atoms with Crippen LogP contribution in [-0.2, 0) is 20.0 Å². The third kappa shape index (κ3) is 2.21. The van der Waals surface area contributed by atoms with Crippen LogP contribution in [0.5, 0.6) is 0 Å². The molecule has 0 N–H and O–H groups in total. The monoisotopic (exact) mass is 394 g/mol. The van der Waals surface area contributed by atoms with Crippen LogP contribution in [0.3, 0.4) is 0 Å². The van der Waals surface area contributed by atoms with Crippen LogP contribution in [0.15, 0.2) is 40.2 Å². The van der Waals surface area contributed by atoms with Gasteiger partial charge in [0.2, 0.25) is 5.89 Å². The lowest BCUT2D eigenvalue weighted by atomic mass is 10.0. The largest absolute Gasteiger partial charge is 0.337 e. The molecule has 4 aromatic rings. The zero-order valence-electron chi connectivity index (χ0n) is 14.9. The maximum atomic E-state index is 12.7. The first-order chi connectivity index (χ1) is 13.6. The highest BCUT2D eigenvalue weighted by atomic mass is 35.5. The summed E-state index contributed by atoms with van der Waals surface area (Å²) in [4.78, 5) is 25.5. The number of benzene rings is 1. The van der Waals surface area contributed by atoms with Gasteiger partial charge in [0.05, 0.1) is 6.33 Å². The summed E-state index contributed by atoms with van der Waals surface area (Å²) < 4.78 is 8.56. The van der Waals surface area contributed by atoms with Crippen LogP contribution in [-0.4, -0.2) is 29.2 Å². The van der Waals surface area contributed by atoms with Gasteiger partial charge in [-0.3, -0.25) is 9.36 Å². The van der Waals surface area contributed by atoms with Gasteiger partial charge in [-0.1, -0.05) is 22.8 Å². The Morgan fingerprint density at radius 1 is 1.25 bits per heavy atom. The van der Waals surface area contributed by atoms with Crippen molar-refractivity contribution in [2.75, 3.05) is 0 Å². The van der Waals surface area contributed by atoms with E-state index in [0.29, 0.717) is 34.7 Å². The fraction of sp³-hybridized carbons (Fsp3) is 0.316. The molecule has 1 fully saturated rings. The molecule has 2 aliphatic rings. The quantitative estimate of drug-likeness (QED) is 0.529. The van der Waals surface area contributed by atoms with Crippen LogP contribution >= 0.6 is 11.6 Å². The van der Waals surface area contributed by atoms with Crippen molar-refractivity contribution >= 4 is 22.8 Å². The predicted octanol–water partition coefficient (Wildman–Crippen LogP) is 2.27. The van der Waals surface area contributed by atoms with E-state index in [-0.39, 0.29) is 18.0 Å². The van der Waals surface area contributed by atoms with E-state index in [1.54, 1.807) is 17.9 Å². The van der Waals surface area contributed by atoms with Gasteiger partial charge >= 0.3 is 0 Å². The SMILES string of the molecule is Cn1cnc2ncn(Cc3nc(C4C5Cc6cc(Cl)ccc6C54)no3)c(=O)c21. The average molecular weight is 395 g/mol. The molecule has 9 heteroatoms. The van der Waals surface area contributed by atoms with Gasteiger partial charge in [-0.05, 0) is 41.5 Å². The van der Waals surface area contributed by atoms with Crippen molar-refractivity contribution in [3.63, 3.8) is 0 Å². The summed E-state index contributed by atoms with van der Waals surface area (Å²) in [6, 6.07) is 6.10. The Morgan fingerprint density at radius 3 is 3.00 bits per heavy atom. The molecular formula is C19H15ClN6O2. The van der Waals surface area contributed by atoms with Crippen LogP contribution in [0, 0.1) is 5.92 Å². The second-order valence-electron chi connectivity index (χ2n) is 7.51. The van der Waals surface area contributed by atoms with Crippen molar-refractivity contribution in [3.05, 3.63) is 69.1 Å². The Morgan fingerprint density at radius 2 is 2.11 bits per heavy atom. The Bertz CT molecular complexity index is 1310. The number of rotatable bonds is 3.